The summed E-state index contributed by atoms with van der Waals surface area (Å²) >= 11 is 0. The molecule has 0 aromatic rings. The molecule has 0 bridgehead atoms. The first-order chi connectivity index (χ1) is 9.86. The number of hydrogen-bond acceptors (Lipinski definition) is 2. The van der Waals surface area contributed by atoms with E-state index in [1.165, 1.54) is 32.1 Å². The summed E-state index contributed by atoms with van der Waals surface area (Å²) in [5.41, 5.74) is 1.60. The van der Waals surface area contributed by atoms with Crippen LogP contribution in [0.3, 0.4) is 0 Å². The van der Waals surface area contributed by atoms with Crippen molar-refractivity contribution in [3.05, 3.63) is 11.6 Å². The standard InChI is InChI=1S/C16H31N3O/c1-3-4-13-20-14-12-19-16(17-2)18-11-10-15-8-6-5-7-9-15/h8H,3-7,9-14H2,1-2H3,(H2,17,18,19). The van der Waals surface area contributed by atoms with Crippen molar-refractivity contribution in [2.45, 2.75) is 51.9 Å². The number of rotatable bonds is 9. The summed E-state index contributed by atoms with van der Waals surface area (Å²) in [6, 6.07) is 0. The molecule has 0 amide bonds. The van der Waals surface area contributed by atoms with E-state index in [0.29, 0.717) is 0 Å². The molecule has 0 radical (unpaired) electrons. The topological polar surface area (TPSA) is 45.6 Å². The molecule has 1 rings (SSSR count). The van der Waals surface area contributed by atoms with Crippen LogP contribution in [0.2, 0.25) is 0 Å². The average Bonchev–Trinajstić information content (AvgIpc) is 2.50. The van der Waals surface area contributed by atoms with Gasteiger partial charge in [-0.3, -0.25) is 4.99 Å². The van der Waals surface area contributed by atoms with Gasteiger partial charge in [0.15, 0.2) is 5.96 Å². The van der Waals surface area contributed by atoms with Gasteiger partial charge in [-0.1, -0.05) is 25.0 Å². The molecule has 0 unspecified atom stereocenters. The second kappa shape index (κ2) is 11.8. The van der Waals surface area contributed by atoms with Crippen molar-refractivity contribution in [3.8, 4) is 0 Å². The summed E-state index contributed by atoms with van der Waals surface area (Å²) in [7, 11) is 1.81. The van der Waals surface area contributed by atoms with Gasteiger partial charge in [-0.2, -0.15) is 0 Å². The van der Waals surface area contributed by atoms with Crippen molar-refractivity contribution >= 4 is 5.96 Å². The van der Waals surface area contributed by atoms with E-state index >= 15 is 0 Å². The van der Waals surface area contributed by atoms with Gasteiger partial charge in [-0.15, -0.1) is 0 Å². The van der Waals surface area contributed by atoms with E-state index in [9.17, 15) is 0 Å². The van der Waals surface area contributed by atoms with Gasteiger partial charge in [0.05, 0.1) is 6.61 Å². The van der Waals surface area contributed by atoms with Gasteiger partial charge in [0.1, 0.15) is 0 Å². The zero-order valence-corrected chi connectivity index (χ0v) is 13.2. The Morgan fingerprint density at radius 2 is 2.10 bits per heavy atom. The number of unbranched alkanes of at least 4 members (excludes halogenated alkanes) is 1. The molecule has 20 heavy (non-hydrogen) atoms. The van der Waals surface area contributed by atoms with Crippen molar-refractivity contribution in [1.82, 2.24) is 10.6 Å². The predicted octanol–water partition coefficient (Wildman–Crippen LogP) is 2.86. The maximum absolute atomic E-state index is 5.51. The molecule has 1 aliphatic carbocycles. The Morgan fingerprint density at radius 1 is 1.25 bits per heavy atom. The van der Waals surface area contributed by atoms with E-state index in [4.69, 9.17) is 4.74 Å². The lowest BCUT2D eigenvalue weighted by atomic mass is 9.97. The smallest absolute Gasteiger partial charge is 0.191 e. The van der Waals surface area contributed by atoms with Crippen molar-refractivity contribution < 1.29 is 4.74 Å². The monoisotopic (exact) mass is 281 g/mol. The number of aliphatic imine (C=N–C) groups is 1. The molecule has 0 atom stereocenters. The van der Waals surface area contributed by atoms with Gasteiger partial charge in [-0.05, 0) is 38.5 Å². The minimum Gasteiger partial charge on any atom is -0.380 e. The molecular formula is C16H31N3O. The van der Waals surface area contributed by atoms with E-state index in [-0.39, 0.29) is 0 Å². The molecule has 116 valence electrons. The lowest BCUT2D eigenvalue weighted by molar-refractivity contribution is 0.136. The highest BCUT2D eigenvalue weighted by Crippen LogP contribution is 2.19. The molecule has 0 aromatic carbocycles. The maximum atomic E-state index is 5.51. The summed E-state index contributed by atoms with van der Waals surface area (Å²) in [4.78, 5) is 4.22. The van der Waals surface area contributed by atoms with Crippen LogP contribution >= 0.6 is 0 Å². The fourth-order valence-electron chi connectivity index (χ4n) is 2.28. The lowest BCUT2D eigenvalue weighted by Crippen LogP contribution is -2.39. The summed E-state index contributed by atoms with van der Waals surface area (Å²) in [6.45, 7) is 5.55. The van der Waals surface area contributed by atoms with Crippen LogP contribution in [-0.4, -0.2) is 39.3 Å². The molecule has 0 fully saturated rings. The first-order valence-electron chi connectivity index (χ1n) is 8.07. The maximum Gasteiger partial charge on any atom is 0.191 e. The molecule has 0 saturated heterocycles. The Balaban J connectivity index is 2.03. The largest absolute Gasteiger partial charge is 0.380 e. The summed E-state index contributed by atoms with van der Waals surface area (Å²) in [5, 5.41) is 6.64. The molecule has 1 aliphatic rings. The molecule has 0 spiro atoms. The van der Waals surface area contributed by atoms with E-state index in [2.05, 4.69) is 28.6 Å². The lowest BCUT2D eigenvalue weighted by Gasteiger charge is -2.15. The van der Waals surface area contributed by atoms with Crippen molar-refractivity contribution in [3.63, 3.8) is 0 Å². The molecule has 4 heteroatoms. The van der Waals surface area contributed by atoms with Gasteiger partial charge >= 0.3 is 0 Å². The SMILES string of the molecule is CCCCOCCNC(=NC)NCCC1=CCCCC1. The van der Waals surface area contributed by atoms with Crippen LogP contribution in [0.1, 0.15) is 51.9 Å². The fourth-order valence-corrected chi connectivity index (χ4v) is 2.28. The highest BCUT2D eigenvalue weighted by molar-refractivity contribution is 5.79. The van der Waals surface area contributed by atoms with Crippen LogP contribution in [0.5, 0.6) is 0 Å². The van der Waals surface area contributed by atoms with Gasteiger partial charge in [0, 0.05) is 26.7 Å². The number of nitrogens with one attached hydrogen (secondary N) is 2. The van der Waals surface area contributed by atoms with Gasteiger partial charge in [0.2, 0.25) is 0 Å². The van der Waals surface area contributed by atoms with Crippen molar-refractivity contribution in [2.75, 3.05) is 33.4 Å². The first-order valence-corrected chi connectivity index (χ1v) is 8.07. The Morgan fingerprint density at radius 3 is 2.80 bits per heavy atom. The Kier molecular flexibility index (Phi) is 10.0. The second-order valence-corrected chi connectivity index (χ2v) is 5.25. The molecule has 0 aliphatic heterocycles. The minimum absolute atomic E-state index is 0.742. The van der Waals surface area contributed by atoms with Gasteiger partial charge < -0.3 is 15.4 Å². The number of ether oxygens (including phenoxy) is 1. The average molecular weight is 281 g/mol. The van der Waals surface area contributed by atoms with E-state index in [0.717, 1.165) is 45.1 Å². The van der Waals surface area contributed by atoms with Gasteiger partial charge in [0.25, 0.3) is 0 Å². The van der Waals surface area contributed by atoms with Crippen LogP contribution in [0.25, 0.3) is 0 Å². The predicted molar refractivity (Wildman–Crippen MR) is 86.3 cm³/mol. The number of hydrogen-bond donors (Lipinski definition) is 2. The normalized spacial score (nSPS) is 15.9. The summed E-state index contributed by atoms with van der Waals surface area (Å²) < 4.78 is 5.51. The molecule has 2 N–H and O–H groups in total. The number of nitrogens with zero attached hydrogens (tertiary/aromatic N) is 1. The van der Waals surface area contributed by atoms with Crippen LogP contribution in [0.4, 0.5) is 0 Å². The third-order valence-corrected chi connectivity index (χ3v) is 3.53. The van der Waals surface area contributed by atoms with Crippen LogP contribution in [0, 0.1) is 0 Å². The van der Waals surface area contributed by atoms with Crippen molar-refractivity contribution in [2.24, 2.45) is 4.99 Å². The molecular weight excluding hydrogens is 250 g/mol. The highest BCUT2D eigenvalue weighted by Gasteiger charge is 2.03. The first kappa shape index (κ1) is 17.0. The Labute approximate surface area is 124 Å². The zero-order valence-electron chi connectivity index (χ0n) is 13.2. The highest BCUT2D eigenvalue weighted by atomic mass is 16.5. The summed E-state index contributed by atoms with van der Waals surface area (Å²) in [6.07, 6.45) is 11.1. The molecule has 4 nitrogen and oxygen atoms in total. The minimum atomic E-state index is 0.742. The third-order valence-electron chi connectivity index (χ3n) is 3.53. The number of allylic oxidation sites excluding steroid dienone is 1. The molecule has 0 aromatic heterocycles. The molecule has 0 saturated carbocycles. The van der Waals surface area contributed by atoms with E-state index in [1.54, 1.807) is 5.57 Å². The van der Waals surface area contributed by atoms with Crippen LogP contribution in [-0.2, 0) is 4.74 Å². The fraction of sp³-hybridized carbons (Fsp3) is 0.812. The van der Waals surface area contributed by atoms with Gasteiger partial charge in [-0.25, -0.2) is 0 Å². The van der Waals surface area contributed by atoms with E-state index in [1.807, 2.05) is 7.05 Å². The van der Waals surface area contributed by atoms with E-state index < -0.39 is 0 Å². The Hall–Kier alpha value is -1.03. The van der Waals surface area contributed by atoms with Crippen molar-refractivity contribution in [1.29, 1.82) is 0 Å². The second-order valence-electron chi connectivity index (χ2n) is 5.25. The third kappa shape index (κ3) is 8.20. The molecule has 0 heterocycles. The van der Waals surface area contributed by atoms with Crippen LogP contribution < -0.4 is 10.6 Å². The number of guanidine groups is 1. The quantitative estimate of drug-likeness (QED) is 0.296. The summed E-state index contributed by atoms with van der Waals surface area (Å²) in [5.74, 6) is 0.875. The Bertz CT molecular complexity index is 300. The zero-order chi connectivity index (χ0) is 14.5. The van der Waals surface area contributed by atoms with Crippen LogP contribution in [0.15, 0.2) is 16.6 Å².